The summed E-state index contributed by atoms with van der Waals surface area (Å²) in [6.07, 6.45) is 2.87. The zero-order chi connectivity index (χ0) is 10.1. The molecule has 0 fully saturated rings. The molecule has 2 aromatic heterocycles. The molecule has 1 aromatic carbocycles. The molecule has 0 saturated carbocycles. The molecule has 0 aliphatic rings. The van der Waals surface area contributed by atoms with E-state index in [1.807, 2.05) is 24.3 Å². The van der Waals surface area contributed by atoms with Crippen molar-refractivity contribution in [3.8, 4) is 11.6 Å². The van der Waals surface area contributed by atoms with Gasteiger partial charge in [0.1, 0.15) is 12.7 Å². The monoisotopic (exact) mass is 389 g/mol. The molecule has 0 saturated heterocycles. The molecule has 16 heavy (non-hydrogen) atoms. The fourth-order valence-electron chi connectivity index (χ4n) is 1.36. The first-order valence-corrected chi connectivity index (χ1v) is 4.45. The molecule has 0 aliphatic heterocycles. The Balaban J connectivity index is 0.000000963. The van der Waals surface area contributed by atoms with Crippen molar-refractivity contribution in [2.45, 2.75) is 0 Å². The first-order valence-electron chi connectivity index (χ1n) is 4.45. The van der Waals surface area contributed by atoms with E-state index in [1.54, 1.807) is 0 Å². The quantitative estimate of drug-likeness (QED) is 0.623. The number of benzene rings is 1. The number of hydrogen-bond acceptors (Lipinski definition) is 4. The Morgan fingerprint density at radius 2 is 1.75 bits per heavy atom. The number of imidazole rings is 1. The van der Waals surface area contributed by atoms with Crippen LogP contribution in [0.5, 0.6) is 0 Å². The molecule has 0 bridgehead atoms. The zero-order valence-electron chi connectivity index (χ0n) is 8.03. The van der Waals surface area contributed by atoms with E-state index in [2.05, 4.69) is 24.9 Å². The van der Waals surface area contributed by atoms with Gasteiger partial charge in [-0.2, -0.15) is 0 Å². The van der Waals surface area contributed by atoms with Gasteiger partial charge < -0.3 is 9.97 Å². The predicted octanol–water partition coefficient (Wildman–Crippen LogP) is 1.04. The van der Waals surface area contributed by atoms with E-state index in [-0.39, 0.29) is 20.1 Å². The van der Waals surface area contributed by atoms with Gasteiger partial charge in [-0.25, -0.2) is 15.0 Å². The fraction of sp³-hybridized carbons (Fsp3) is 0. The van der Waals surface area contributed by atoms with E-state index in [0.29, 0.717) is 11.6 Å². The van der Waals surface area contributed by atoms with E-state index >= 15 is 0 Å². The van der Waals surface area contributed by atoms with Gasteiger partial charge in [0.25, 0.3) is 0 Å². The van der Waals surface area contributed by atoms with Crippen LogP contribution in [0.3, 0.4) is 0 Å². The van der Waals surface area contributed by atoms with Crippen LogP contribution in [0.2, 0.25) is 0 Å². The van der Waals surface area contributed by atoms with Gasteiger partial charge in [-0.1, -0.05) is 24.3 Å². The first kappa shape index (κ1) is 10.9. The normalized spacial score (nSPS) is 10.0. The molecule has 0 aliphatic carbocycles. The number of hydrogen-bond donors (Lipinski definition) is 0. The van der Waals surface area contributed by atoms with Crippen molar-refractivity contribution in [1.29, 1.82) is 0 Å². The summed E-state index contributed by atoms with van der Waals surface area (Å²) in [4.78, 5) is 20.4. The molecule has 81 valence electrons. The summed E-state index contributed by atoms with van der Waals surface area (Å²) in [7, 11) is 0. The Labute approximate surface area is 105 Å². The molecule has 0 atom stereocenters. The molecule has 3 rings (SSSR count). The van der Waals surface area contributed by atoms with E-state index in [4.69, 9.17) is 0 Å². The van der Waals surface area contributed by atoms with Gasteiger partial charge in [0, 0.05) is 20.1 Å². The van der Waals surface area contributed by atoms with Crippen LogP contribution in [0.4, 0.5) is 0 Å². The SMILES string of the molecule is [Ir].c1ccc2[n-]c(-c3ncncn3)nc2c1. The Kier molecular flexibility index (Phi) is 3.03. The minimum absolute atomic E-state index is 0. The van der Waals surface area contributed by atoms with Crippen molar-refractivity contribution >= 4 is 11.0 Å². The summed E-state index contributed by atoms with van der Waals surface area (Å²) in [6.45, 7) is 0. The van der Waals surface area contributed by atoms with Crippen LogP contribution in [-0.2, 0) is 20.1 Å². The van der Waals surface area contributed by atoms with Crippen molar-refractivity contribution in [1.82, 2.24) is 24.9 Å². The standard InChI is InChI=1S/C10H6N5.Ir/c1-2-4-8-7(3-1)14-10(15-8)9-12-5-11-6-13-9;/h1-6H;/q-1;. The smallest absolute Gasteiger partial charge is 0.154 e. The molecule has 1 radical (unpaired) electrons. The van der Waals surface area contributed by atoms with Crippen molar-refractivity contribution in [3.63, 3.8) is 0 Å². The van der Waals surface area contributed by atoms with Crippen molar-refractivity contribution in [2.75, 3.05) is 0 Å². The molecule has 0 N–H and O–H groups in total. The fourth-order valence-corrected chi connectivity index (χ4v) is 1.36. The van der Waals surface area contributed by atoms with Crippen LogP contribution in [-0.4, -0.2) is 19.9 Å². The first-order chi connectivity index (χ1) is 7.43. The largest absolute Gasteiger partial charge is 0.433 e. The maximum absolute atomic E-state index is 4.32. The molecular formula is C10H6IrN5-. The predicted molar refractivity (Wildman–Crippen MR) is 53.9 cm³/mol. The number of aromatic nitrogens is 5. The van der Waals surface area contributed by atoms with Crippen LogP contribution in [0.1, 0.15) is 0 Å². The van der Waals surface area contributed by atoms with Gasteiger partial charge in [-0.05, 0) is 16.9 Å². The maximum Gasteiger partial charge on any atom is 0.154 e. The van der Waals surface area contributed by atoms with Crippen molar-refractivity contribution in [3.05, 3.63) is 36.9 Å². The second-order valence-corrected chi connectivity index (χ2v) is 3.00. The molecule has 0 spiro atoms. The van der Waals surface area contributed by atoms with Crippen LogP contribution >= 0.6 is 0 Å². The second kappa shape index (κ2) is 4.47. The van der Waals surface area contributed by atoms with Gasteiger partial charge in [0.15, 0.2) is 5.82 Å². The van der Waals surface area contributed by atoms with Gasteiger partial charge in [-0.15, -0.1) is 0 Å². The van der Waals surface area contributed by atoms with Crippen LogP contribution in [0.15, 0.2) is 36.9 Å². The van der Waals surface area contributed by atoms with Gasteiger partial charge in [0.05, 0.1) is 0 Å². The number of nitrogens with zero attached hydrogens (tertiary/aromatic N) is 5. The number of para-hydroxylation sites is 2. The third-order valence-electron chi connectivity index (χ3n) is 2.03. The topological polar surface area (TPSA) is 65.7 Å². The Morgan fingerprint density at radius 1 is 1.00 bits per heavy atom. The van der Waals surface area contributed by atoms with Crippen molar-refractivity contribution < 1.29 is 20.1 Å². The second-order valence-electron chi connectivity index (χ2n) is 3.00. The molecule has 2 heterocycles. The molecular weight excluding hydrogens is 382 g/mol. The number of fused-ring (bicyclic) bond motifs is 1. The van der Waals surface area contributed by atoms with E-state index < -0.39 is 0 Å². The van der Waals surface area contributed by atoms with Gasteiger partial charge in [0.2, 0.25) is 0 Å². The third kappa shape index (κ3) is 1.85. The third-order valence-corrected chi connectivity index (χ3v) is 2.03. The summed E-state index contributed by atoms with van der Waals surface area (Å²) in [5.74, 6) is 1.04. The molecule has 0 unspecified atom stereocenters. The molecule has 5 nitrogen and oxygen atoms in total. The minimum Gasteiger partial charge on any atom is -0.433 e. The Bertz CT molecular complexity index is 559. The van der Waals surface area contributed by atoms with Gasteiger partial charge in [-0.3, -0.25) is 0 Å². The molecule has 6 heteroatoms. The average Bonchev–Trinajstić information content (AvgIpc) is 2.74. The Morgan fingerprint density at radius 3 is 2.50 bits per heavy atom. The Hall–Kier alpha value is -1.65. The van der Waals surface area contributed by atoms with E-state index in [0.717, 1.165) is 11.0 Å². The summed E-state index contributed by atoms with van der Waals surface area (Å²) in [5.41, 5.74) is 1.71. The summed E-state index contributed by atoms with van der Waals surface area (Å²) < 4.78 is 0. The molecule has 0 amide bonds. The summed E-state index contributed by atoms with van der Waals surface area (Å²) in [5, 5.41) is 0. The minimum atomic E-state index is 0. The summed E-state index contributed by atoms with van der Waals surface area (Å²) in [6, 6.07) is 7.67. The van der Waals surface area contributed by atoms with Crippen LogP contribution in [0, 0.1) is 0 Å². The number of rotatable bonds is 1. The van der Waals surface area contributed by atoms with E-state index in [1.165, 1.54) is 12.7 Å². The zero-order valence-corrected chi connectivity index (χ0v) is 10.4. The van der Waals surface area contributed by atoms with Crippen LogP contribution < -0.4 is 4.98 Å². The van der Waals surface area contributed by atoms with Gasteiger partial charge >= 0.3 is 0 Å². The molecule has 3 aromatic rings. The van der Waals surface area contributed by atoms with Crippen molar-refractivity contribution in [2.24, 2.45) is 0 Å². The van der Waals surface area contributed by atoms with E-state index in [9.17, 15) is 0 Å². The maximum atomic E-state index is 4.32. The summed E-state index contributed by atoms with van der Waals surface area (Å²) >= 11 is 0. The van der Waals surface area contributed by atoms with Crippen LogP contribution in [0.25, 0.3) is 22.7 Å². The average molecular weight is 388 g/mol.